The van der Waals surface area contributed by atoms with Gasteiger partial charge in [0.25, 0.3) is 0 Å². The van der Waals surface area contributed by atoms with Gasteiger partial charge in [0.15, 0.2) is 0 Å². The summed E-state index contributed by atoms with van der Waals surface area (Å²) in [5.74, 6) is 0.450. The highest BCUT2D eigenvalue weighted by atomic mass is 16.3. The van der Waals surface area contributed by atoms with Crippen molar-refractivity contribution in [2.45, 2.75) is 51.5 Å². The van der Waals surface area contributed by atoms with Crippen LogP contribution in [0.25, 0.3) is 0 Å². The predicted molar refractivity (Wildman–Crippen MR) is 88.8 cm³/mol. The van der Waals surface area contributed by atoms with Crippen molar-refractivity contribution in [3.05, 3.63) is 35.9 Å². The molecule has 2 amide bonds. The Bertz CT molecular complexity index is 471. The normalized spacial score (nSPS) is 20.5. The lowest BCUT2D eigenvalue weighted by Crippen LogP contribution is -2.43. The topological polar surface area (TPSA) is 61.4 Å². The zero-order valence-corrected chi connectivity index (χ0v) is 13.6. The highest BCUT2D eigenvalue weighted by Crippen LogP contribution is 2.40. The fraction of sp³-hybridized carbons (Fsp3) is 0.611. The Labute approximate surface area is 133 Å². The van der Waals surface area contributed by atoms with Crippen LogP contribution in [-0.4, -0.2) is 30.3 Å². The van der Waals surface area contributed by atoms with Crippen LogP contribution in [-0.2, 0) is 0 Å². The van der Waals surface area contributed by atoms with Gasteiger partial charge in [0.2, 0.25) is 0 Å². The molecule has 1 saturated carbocycles. The zero-order valence-electron chi connectivity index (χ0n) is 13.6. The average molecular weight is 304 g/mol. The number of hydrogen-bond donors (Lipinski definition) is 3. The van der Waals surface area contributed by atoms with Crippen LogP contribution in [0.4, 0.5) is 4.79 Å². The Balaban J connectivity index is 1.77. The van der Waals surface area contributed by atoms with E-state index >= 15 is 0 Å². The average Bonchev–Trinajstić information content (AvgIpc) is 3.31. The molecule has 0 spiro atoms. The van der Waals surface area contributed by atoms with Crippen LogP contribution >= 0.6 is 0 Å². The summed E-state index contributed by atoms with van der Waals surface area (Å²) in [6, 6.07) is 10.5. The first-order valence-electron chi connectivity index (χ1n) is 8.34. The molecule has 2 atom stereocenters. The van der Waals surface area contributed by atoms with Gasteiger partial charge < -0.3 is 15.7 Å². The highest BCUT2D eigenvalue weighted by Gasteiger charge is 2.39. The number of hydrogen-bond acceptors (Lipinski definition) is 2. The monoisotopic (exact) mass is 304 g/mol. The van der Waals surface area contributed by atoms with Gasteiger partial charge in [0.1, 0.15) is 0 Å². The summed E-state index contributed by atoms with van der Waals surface area (Å²) in [4.78, 5) is 12.1. The van der Waals surface area contributed by atoms with Crippen molar-refractivity contribution >= 4 is 6.03 Å². The van der Waals surface area contributed by atoms with Crippen LogP contribution in [0.2, 0.25) is 0 Å². The van der Waals surface area contributed by atoms with E-state index in [0.717, 1.165) is 25.7 Å². The molecule has 1 fully saturated rings. The molecule has 0 radical (unpaired) electrons. The van der Waals surface area contributed by atoms with Crippen LogP contribution < -0.4 is 10.6 Å². The number of aliphatic hydroxyl groups excluding tert-OH is 1. The number of urea groups is 1. The van der Waals surface area contributed by atoms with E-state index in [2.05, 4.69) is 36.6 Å². The number of carbonyl (C=O) groups excluding carboxylic acids is 1. The van der Waals surface area contributed by atoms with E-state index in [1.165, 1.54) is 5.56 Å². The summed E-state index contributed by atoms with van der Waals surface area (Å²) in [6.07, 6.45) is 3.66. The molecule has 0 heterocycles. The fourth-order valence-corrected chi connectivity index (χ4v) is 3.09. The van der Waals surface area contributed by atoms with Crippen molar-refractivity contribution in [3.63, 3.8) is 0 Å². The number of benzene rings is 1. The maximum Gasteiger partial charge on any atom is 0.315 e. The summed E-state index contributed by atoms with van der Waals surface area (Å²) in [5.41, 5.74) is 1.30. The summed E-state index contributed by atoms with van der Waals surface area (Å²) >= 11 is 0. The first-order chi connectivity index (χ1) is 10.6. The molecule has 2 unspecified atom stereocenters. The second-order valence-electron chi connectivity index (χ2n) is 6.37. The Kier molecular flexibility index (Phi) is 5.83. The number of carbonyl (C=O) groups is 1. The second kappa shape index (κ2) is 7.63. The quantitative estimate of drug-likeness (QED) is 0.691. The van der Waals surface area contributed by atoms with E-state index in [9.17, 15) is 9.90 Å². The van der Waals surface area contributed by atoms with Crippen molar-refractivity contribution in [3.8, 4) is 0 Å². The molecule has 0 saturated heterocycles. The van der Waals surface area contributed by atoms with Gasteiger partial charge in [-0.15, -0.1) is 0 Å². The summed E-state index contributed by atoms with van der Waals surface area (Å²) in [5, 5.41) is 15.3. The van der Waals surface area contributed by atoms with E-state index in [1.807, 2.05) is 18.2 Å². The van der Waals surface area contributed by atoms with E-state index < -0.39 is 0 Å². The van der Waals surface area contributed by atoms with Crippen LogP contribution in [0.1, 0.15) is 51.0 Å². The van der Waals surface area contributed by atoms with E-state index in [-0.39, 0.29) is 24.1 Å². The molecule has 1 aromatic rings. The molecular formula is C18H28N2O2. The minimum atomic E-state index is -0.0901. The standard InChI is InChI=1S/C18H28N2O2/c1-3-18(4-2,10-11-21)13-19-17(22)20-16-12-15(16)14-8-6-5-7-9-14/h5-9,15-16,21H,3-4,10-13H2,1-2H3,(H2,19,20,22). The number of aliphatic hydroxyl groups is 1. The Morgan fingerprint density at radius 2 is 1.95 bits per heavy atom. The van der Waals surface area contributed by atoms with Crippen LogP contribution in [0.15, 0.2) is 30.3 Å². The van der Waals surface area contributed by atoms with Crippen molar-refractivity contribution in [2.24, 2.45) is 5.41 Å². The van der Waals surface area contributed by atoms with Crippen LogP contribution in [0.3, 0.4) is 0 Å². The lowest BCUT2D eigenvalue weighted by molar-refractivity contribution is 0.163. The molecule has 3 N–H and O–H groups in total. The second-order valence-corrected chi connectivity index (χ2v) is 6.37. The zero-order chi connectivity index (χ0) is 16.0. The molecule has 1 aliphatic rings. The van der Waals surface area contributed by atoms with Crippen molar-refractivity contribution in [1.29, 1.82) is 0 Å². The molecule has 0 aliphatic heterocycles. The van der Waals surface area contributed by atoms with Gasteiger partial charge >= 0.3 is 6.03 Å². The van der Waals surface area contributed by atoms with Gasteiger partial charge in [0, 0.05) is 25.1 Å². The molecule has 2 rings (SSSR count). The SMILES string of the molecule is CCC(CC)(CCO)CNC(=O)NC1CC1c1ccccc1. The van der Waals surface area contributed by atoms with Crippen molar-refractivity contribution in [1.82, 2.24) is 10.6 Å². The molecule has 1 aromatic carbocycles. The molecule has 4 heteroatoms. The van der Waals surface area contributed by atoms with Gasteiger partial charge in [-0.3, -0.25) is 0 Å². The maximum absolute atomic E-state index is 12.1. The van der Waals surface area contributed by atoms with Gasteiger partial charge in [-0.2, -0.15) is 0 Å². The molecule has 0 bridgehead atoms. The Hall–Kier alpha value is -1.55. The van der Waals surface area contributed by atoms with Crippen LogP contribution in [0.5, 0.6) is 0 Å². The number of rotatable bonds is 8. The third kappa shape index (κ3) is 4.23. The molecule has 22 heavy (non-hydrogen) atoms. The Morgan fingerprint density at radius 3 is 2.55 bits per heavy atom. The number of amides is 2. The number of nitrogens with one attached hydrogen (secondary N) is 2. The summed E-state index contributed by atoms with van der Waals surface area (Å²) in [6.45, 7) is 5.02. The van der Waals surface area contributed by atoms with Crippen molar-refractivity contribution < 1.29 is 9.90 Å². The largest absolute Gasteiger partial charge is 0.396 e. The van der Waals surface area contributed by atoms with Crippen molar-refractivity contribution in [2.75, 3.05) is 13.2 Å². The molecule has 4 nitrogen and oxygen atoms in total. The lowest BCUT2D eigenvalue weighted by atomic mass is 9.79. The smallest absolute Gasteiger partial charge is 0.315 e. The summed E-state index contributed by atoms with van der Waals surface area (Å²) < 4.78 is 0. The fourth-order valence-electron chi connectivity index (χ4n) is 3.09. The first-order valence-corrected chi connectivity index (χ1v) is 8.34. The minimum Gasteiger partial charge on any atom is -0.396 e. The third-order valence-electron chi connectivity index (χ3n) is 5.10. The third-order valence-corrected chi connectivity index (χ3v) is 5.10. The van der Waals surface area contributed by atoms with Crippen LogP contribution in [0, 0.1) is 5.41 Å². The van der Waals surface area contributed by atoms with E-state index in [1.54, 1.807) is 0 Å². The lowest BCUT2D eigenvalue weighted by Gasteiger charge is -2.31. The van der Waals surface area contributed by atoms with E-state index in [0.29, 0.717) is 12.5 Å². The molecule has 1 aliphatic carbocycles. The summed E-state index contributed by atoms with van der Waals surface area (Å²) in [7, 11) is 0. The molecular weight excluding hydrogens is 276 g/mol. The molecule has 0 aromatic heterocycles. The molecule has 122 valence electrons. The Morgan fingerprint density at radius 1 is 1.27 bits per heavy atom. The van der Waals surface area contributed by atoms with Gasteiger partial charge in [-0.05, 0) is 36.7 Å². The van der Waals surface area contributed by atoms with Gasteiger partial charge in [-0.25, -0.2) is 4.79 Å². The first kappa shape index (κ1) is 16.8. The van der Waals surface area contributed by atoms with Gasteiger partial charge in [-0.1, -0.05) is 44.2 Å². The highest BCUT2D eigenvalue weighted by molar-refractivity contribution is 5.75. The maximum atomic E-state index is 12.1. The van der Waals surface area contributed by atoms with Gasteiger partial charge in [0.05, 0.1) is 0 Å². The van der Waals surface area contributed by atoms with E-state index in [4.69, 9.17) is 0 Å². The minimum absolute atomic E-state index is 0.00841. The predicted octanol–water partition coefficient (Wildman–Crippen LogP) is 3.03.